The summed E-state index contributed by atoms with van der Waals surface area (Å²) < 4.78 is 16.3. The molecule has 0 fully saturated rings. The highest BCUT2D eigenvalue weighted by Gasteiger charge is 2.30. The lowest BCUT2D eigenvalue weighted by Crippen LogP contribution is -2.51. The first-order valence-corrected chi connectivity index (χ1v) is 11.0. The Labute approximate surface area is 200 Å². The second-order valence-corrected chi connectivity index (χ2v) is 7.66. The number of nitrogens with zero attached hydrogens (tertiary/aromatic N) is 1. The van der Waals surface area contributed by atoms with Gasteiger partial charge in [-0.1, -0.05) is 60.7 Å². The molecule has 34 heavy (non-hydrogen) atoms. The second kappa shape index (κ2) is 12.3. The predicted molar refractivity (Wildman–Crippen MR) is 130 cm³/mol. The molecule has 0 aliphatic rings. The lowest BCUT2D eigenvalue weighted by molar-refractivity contribution is -0.142. The topological polar surface area (TPSA) is 77.1 Å². The minimum absolute atomic E-state index is 0.240. The molecule has 0 saturated heterocycles. The van der Waals surface area contributed by atoms with E-state index in [1.807, 2.05) is 60.7 Å². The van der Waals surface area contributed by atoms with Gasteiger partial charge in [-0.3, -0.25) is 9.59 Å². The molecule has 0 unspecified atom stereocenters. The van der Waals surface area contributed by atoms with Crippen LogP contribution < -0.4 is 19.5 Å². The van der Waals surface area contributed by atoms with Gasteiger partial charge in [-0.05, 0) is 11.1 Å². The zero-order chi connectivity index (χ0) is 24.3. The van der Waals surface area contributed by atoms with Gasteiger partial charge in [0.15, 0.2) is 6.61 Å². The Bertz CT molecular complexity index is 1050. The highest BCUT2D eigenvalue weighted by Crippen LogP contribution is 2.27. The molecule has 0 aliphatic carbocycles. The fourth-order valence-corrected chi connectivity index (χ4v) is 3.59. The molecule has 1 atom stereocenters. The van der Waals surface area contributed by atoms with Crippen LogP contribution in [0.2, 0.25) is 0 Å². The molecule has 0 spiro atoms. The summed E-state index contributed by atoms with van der Waals surface area (Å²) in [5, 5.41) is 2.70. The minimum atomic E-state index is -0.705. The van der Waals surface area contributed by atoms with Gasteiger partial charge in [0.2, 0.25) is 5.91 Å². The predicted octanol–water partition coefficient (Wildman–Crippen LogP) is 3.47. The van der Waals surface area contributed by atoms with Crippen molar-refractivity contribution in [1.82, 2.24) is 10.2 Å². The third-order valence-corrected chi connectivity index (χ3v) is 5.40. The van der Waals surface area contributed by atoms with E-state index in [9.17, 15) is 9.59 Å². The number of benzene rings is 3. The van der Waals surface area contributed by atoms with Gasteiger partial charge < -0.3 is 24.4 Å². The largest absolute Gasteiger partial charge is 0.496 e. The zero-order valence-corrected chi connectivity index (χ0v) is 19.7. The van der Waals surface area contributed by atoms with Gasteiger partial charge in [-0.15, -0.1) is 0 Å². The average Bonchev–Trinajstić information content (AvgIpc) is 2.89. The van der Waals surface area contributed by atoms with E-state index >= 15 is 0 Å². The maximum absolute atomic E-state index is 13.4. The van der Waals surface area contributed by atoms with Crippen LogP contribution in [-0.2, 0) is 22.6 Å². The van der Waals surface area contributed by atoms with Crippen LogP contribution in [0, 0.1) is 0 Å². The summed E-state index contributed by atoms with van der Waals surface area (Å²) in [5.41, 5.74) is 1.88. The van der Waals surface area contributed by atoms with Gasteiger partial charge in [0.25, 0.3) is 5.91 Å². The van der Waals surface area contributed by atoms with E-state index in [0.717, 1.165) is 11.1 Å². The Kier molecular flexibility index (Phi) is 8.91. The van der Waals surface area contributed by atoms with Crippen molar-refractivity contribution in [2.24, 2.45) is 0 Å². The van der Waals surface area contributed by atoms with Gasteiger partial charge >= 0.3 is 0 Å². The van der Waals surface area contributed by atoms with Crippen molar-refractivity contribution < 1.29 is 23.8 Å². The van der Waals surface area contributed by atoms with E-state index < -0.39 is 6.04 Å². The van der Waals surface area contributed by atoms with Crippen LogP contribution in [0.25, 0.3) is 0 Å². The molecule has 2 amide bonds. The van der Waals surface area contributed by atoms with Crippen LogP contribution >= 0.6 is 0 Å². The number of carbonyl (C=O) groups is 2. The first-order chi connectivity index (χ1) is 16.5. The van der Waals surface area contributed by atoms with E-state index in [1.165, 1.54) is 0 Å². The average molecular weight is 463 g/mol. The fraction of sp³-hybridized carbons (Fsp3) is 0.259. The van der Waals surface area contributed by atoms with Crippen LogP contribution in [0.5, 0.6) is 17.2 Å². The summed E-state index contributed by atoms with van der Waals surface area (Å²) in [4.78, 5) is 27.9. The maximum Gasteiger partial charge on any atom is 0.261 e. The van der Waals surface area contributed by atoms with Crippen molar-refractivity contribution in [2.45, 2.75) is 19.0 Å². The molecule has 3 aromatic carbocycles. The molecule has 0 saturated carbocycles. The number of likely N-dealkylation sites (N-methyl/N-ethyl adjacent to an activating group) is 1. The van der Waals surface area contributed by atoms with E-state index in [2.05, 4.69) is 5.32 Å². The molecule has 7 nitrogen and oxygen atoms in total. The first-order valence-electron chi connectivity index (χ1n) is 11.0. The first kappa shape index (κ1) is 24.6. The Balaban J connectivity index is 1.86. The molecular weight excluding hydrogens is 432 g/mol. The highest BCUT2D eigenvalue weighted by molar-refractivity contribution is 5.88. The van der Waals surface area contributed by atoms with Gasteiger partial charge in [-0.2, -0.15) is 0 Å². The van der Waals surface area contributed by atoms with E-state index in [4.69, 9.17) is 14.2 Å². The van der Waals surface area contributed by atoms with Gasteiger partial charge in [0, 0.05) is 38.2 Å². The summed E-state index contributed by atoms with van der Waals surface area (Å²) in [7, 11) is 4.66. The maximum atomic E-state index is 13.4. The monoisotopic (exact) mass is 462 g/mol. The summed E-state index contributed by atoms with van der Waals surface area (Å²) in [6, 6.07) is 23.6. The minimum Gasteiger partial charge on any atom is -0.496 e. The van der Waals surface area contributed by atoms with Crippen LogP contribution in [0.4, 0.5) is 0 Å². The lowest BCUT2D eigenvalue weighted by atomic mass is 10.0. The van der Waals surface area contributed by atoms with Crippen LogP contribution in [0.1, 0.15) is 11.1 Å². The molecule has 0 aromatic heterocycles. The molecular formula is C27H30N2O5. The number of rotatable bonds is 11. The van der Waals surface area contributed by atoms with Crippen molar-refractivity contribution >= 4 is 11.8 Å². The number of ether oxygens (including phenoxy) is 3. The van der Waals surface area contributed by atoms with E-state index in [1.54, 1.807) is 44.4 Å². The standard InChI is InChI=1S/C27H30N2O5/c1-28-27(31)25(14-20-10-6-4-7-11-20)29(18-21-12-8-5-9-13-21)26(30)19-34-24-16-22(32-2)15-23(17-24)33-3/h4-13,15-17,25H,14,18-19H2,1-3H3,(H,28,31)/t25-/m1/s1. The molecule has 3 rings (SSSR count). The Morgan fingerprint density at radius 2 is 1.35 bits per heavy atom. The Hall–Kier alpha value is -4.00. The number of hydrogen-bond donors (Lipinski definition) is 1. The molecule has 0 bridgehead atoms. The van der Waals surface area contributed by atoms with Gasteiger partial charge in [0.1, 0.15) is 23.3 Å². The number of methoxy groups -OCH3 is 2. The molecule has 178 valence electrons. The lowest BCUT2D eigenvalue weighted by Gasteiger charge is -2.31. The highest BCUT2D eigenvalue weighted by atomic mass is 16.5. The van der Waals surface area contributed by atoms with Gasteiger partial charge in [-0.25, -0.2) is 0 Å². The van der Waals surface area contributed by atoms with Crippen LogP contribution in [0.3, 0.4) is 0 Å². The Morgan fingerprint density at radius 1 is 0.824 bits per heavy atom. The van der Waals surface area contributed by atoms with Crippen LogP contribution in [-0.4, -0.2) is 50.6 Å². The molecule has 7 heteroatoms. The third-order valence-electron chi connectivity index (χ3n) is 5.40. The van der Waals surface area contributed by atoms with Crippen molar-refractivity contribution in [2.75, 3.05) is 27.9 Å². The number of nitrogens with one attached hydrogen (secondary N) is 1. The number of amides is 2. The molecule has 0 aliphatic heterocycles. The van der Waals surface area contributed by atoms with Gasteiger partial charge in [0.05, 0.1) is 14.2 Å². The normalized spacial score (nSPS) is 11.3. The summed E-state index contributed by atoms with van der Waals surface area (Å²) >= 11 is 0. The zero-order valence-electron chi connectivity index (χ0n) is 19.7. The molecule has 3 aromatic rings. The van der Waals surface area contributed by atoms with Crippen LogP contribution in [0.15, 0.2) is 78.9 Å². The molecule has 0 radical (unpaired) electrons. The van der Waals surface area contributed by atoms with Crippen molar-refractivity contribution in [3.05, 3.63) is 90.0 Å². The Morgan fingerprint density at radius 3 is 1.88 bits per heavy atom. The number of carbonyl (C=O) groups excluding carboxylic acids is 2. The quantitative estimate of drug-likeness (QED) is 0.472. The number of hydrogen-bond acceptors (Lipinski definition) is 5. The van der Waals surface area contributed by atoms with E-state index in [-0.39, 0.29) is 25.0 Å². The third kappa shape index (κ3) is 6.75. The van der Waals surface area contributed by atoms with Crippen molar-refractivity contribution in [3.63, 3.8) is 0 Å². The van der Waals surface area contributed by atoms with Crippen molar-refractivity contribution in [1.29, 1.82) is 0 Å². The summed E-state index contributed by atoms with van der Waals surface area (Å²) in [6.07, 6.45) is 0.381. The SMILES string of the molecule is CNC(=O)[C@@H](Cc1ccccc1)N(Cc1ccccc1)C(=O)COc1cc(OC)cc(OC)c1. The fourth-order valence-electron chi connectivity index (χ4n) is 3.59. The van der Waals surface area contributed by atoms with E-state index in [0.29, 0.717) is 23.7 Å². The summed E-state index contributed by atoms with van der Waals surface area (Å²) in [6.45, 7) is 0.0286. The molecule has 0 heterocycles. The molecule has 1 N–H and O–H groups in total. The summed E-state index contributed by atoms with van der Waals surface area (Å²) in [5.74, 6) is 0.987. The second-order valence-electron chi connectivity index (χ2n) is 7.66. The smallest absolute Gasteiger partial charge is 0.261 e. The van der Waals surface area contributed by atoms with Crippen molar-refractivity contribution in [3.8, 4) is 17.2 Å².